The van der Waals surface area contributed by atoms with Crippen molar-refractivity contribution in [1.82, 2.24) is 15.5 Å². The second-order valence-corrected chi connectivity index (χ2v) is 8.27. The maximum Gasteiger partial charge on any atom is 0.241 e. The van der Waals surface area contributed by atoms with Crippen LogP contribution in [0.1, 0.15) is 31.2 Å². The van der Waals surface area contributed by atoms with E-state index in [0.29, 0.717) is 41.7 Å². The Morgan fingerprint density at radius 2 is 1.77 bits per heavy atom. The minimum Gasteiger partial charge on any atom is -0.493 e. The number of hydrogen-bond donors (Lipinski definition) is 2. The molecule has 9 heteroatoms. The van der Waals surface area contributed by atoms with Crippen molar-refractivity contribution in [3.05, 3.63) is 17.7 Å². The van der Waals surface area contributed by atoms with E-state index in [0.717, 1.165) is 11.5 Å². The Balaban J connectivity index is 0.00000341. The van der Waals surface area contributed by atoms with Crippen LogP contribution in [0.4, 0.5) is 0 Å². The van der Waals surface area contributed by atoms with Crippen molar-refractivity contribution in [3.8, 4) is 17.2 Å². The highest BCUT2D eigenvalue weighted by atomic mass is 127. The third kappa shape index (κ3) is 6.30. The fraction of sp³-hybridized carbons (Fsp3) is 0.636. The molecule has 0 spiro atoms. The average molecular weight is 546 g/mol. The predicted molar refractivity (Wildman–Crippen MR) is 132 cm³/mol. The summed E-state index contributed by atoms with van der Waals surface area (Å²) in [6.45, 7) is 0.623. The molecule has 1 aromatic rings. The Bertz CT molecular complexity index is 762. The van der Waals surface area contributed by atoms with Gasteiger partial charge in [-0.25, -0.2) is 4.99 Å². The van der Waals surface area contributed by atoms with Gasteiger partial charge in [-0.05, 0) is 48.8 Å². The number of likely N-dealkylation sites (N-methyl/N-ethyl adjacent to an activating group) is 1. The normalized spacial score (nSPS) is 21.8. The zero-order valence-electron chi connectivity index (χ0n) is 19.1. The van der Waals surface area contributed by atoms with E-state index in [1.54, 1.807) is 40.3 Å². The van der Waals surface area contributed by atoms with E-state index in [2.05, 4.69) is 10.6 Å². The van der Waals surface area contributed by atoms with Crippen molar-refractivity contribution in [2.45, 2.75) is 38.3 Å². The predicted octanol–water partition coefficient (Wildman–Crippen LogP) is 2.64. The molecule has 8 nitrogen and oxygen atoms in total. The van der Waals surface area contributed by atoms with Gasteiger partial charge in [0.05, 0.1) is 34.4 Å². The first-order valence-electron chi connectivity index (χ1n) is 10.5. The highest BCUT2D eigenvalue weighted by molar-refractivity contribution is 14.0. The summed E-state index contributed by atoms with van der Waals surface area (Å²) >= 11 is 0. The lowest BCUT2D eigenvalue weighted by Gasteiger charge is -2.25. The molecule has 1 amide bonds. The number of guanidine groups is 1. The minimum atomic E-state index is 0. The number of nitrogens with one attached hydrogen (secondary N) is 2. The summed E-state index contributed by atoms with van der Waals surface area (Å²) < 4.78 is 16.3. The molecule has 2 N–H and O–H groups in total. The van der Waals surface area contributed by atoms with Gasteiger partial charge in [-0.15, -0.1) is 24.0 Å². The Morgan fingerprint density at radius 1 is 1.10 bits per heavy atom. The lowest BCUT2D eigenvalue weighted by atomic mass is 9.95. The number of nitrogens with zero attached hydrogens (tertiary/aromatic N) is 2. The number of carbonyl (C=O) groups excluding carboxylic acids is 1. The molecular weight excluding hydrogens is 511 g/mol. The number of fused-ring (bicyclic) bond motifs is 2. The molecule has 2 aliphatic rings. The van der Waals surface area contributed by atoms with Crippen LogP contribution in [0, 0.1) is 11.8 Å². The van der Waals surface area contributed by atoms with Crippen LogP contribution in [0.3, 0.4) is 0 Å². The van der Waals surface area contributed by atoms with Crippen LogP contribution in [0.25, 0.3) is 0 Å². The Hall–Kier alpha value is -1.91. The number of rotatable bonds is 8. The standard InChI is InChI=1S/C22H34N4O4.HI/c1-26(2)20(27)13-24-22(25-17-9-14-6-7-16(17)8-14)23-12-15-10-18(28-3)21(30-5)19(11-15)29-4;/h10-11,14,16-17H,6-9,12-13H2,1-5H3,(H2,23,24,25);1H. The number of aliphatic imine (C=N–C) groups is 1. The average Bonchev–Trinajstić information content (AvgIpc) is 3.37. The van der Waals surface area contributed by atoms with Gasteiger partial charge in [-0.2, -0.15) is 0 Å². The van der Waals surface area contributed by atoms with E-state index >= 15 is 0 Å². The fourth-order valence-electron chi connectivity index (χ4n) is 4.46. The fourth-order valence-corrected chi connectivity index (χ4v) is 4.46. The quantitative estimate of drug-likeness (QED) is 0.297. The number of benzene rings is 1. The van der Waals surface area contributed by atoms with Crippen LogP contribution in [0.5, 0.6) is 17.2 Å². The topological polar surface area (TPSA) is 84.4 Å². The molecule has 3 unspecified atom stereocenters. The number of carbonyl (C=O) groups is 1. The lowest BCUT2D eigenvalue weighted by molar-refractivity contribution is -0.127. The van der Waals surface area contributed by atoms with Crippen molar-refractivity contribution >= 4 is 35.8 Å². The van der Waals surface area contributed by atoms with Gasteiger partial charge < -0.3 is 29.7 Å². The number of halogens is 1. The smallest absolute Gasteiger partial charge is 0.241 e. The van der Waals surface area contributed by atoms with Gasteiger partial charge in [0.1, 0.15) is 0 Å². The van der Waals surface area contributed by atoms with E-state index in [-0.39, 0.29) is 36.4 Å². The van der Waals surface area contributed by atoms with Gasteiger partial charge in [0.15, 0.2) is 17.5 Å². The third-order valence-corrected chi connectivity index (χ3v) is 6.11. The summed E-state index contributed by atoms with van der Waals surface area (Å²) in [5, 5.41) is 6.77. The highest BCUT2D eigenvalue weighted by Crippen LogP contribution is 2.44. The summed E-state index contributed by atoms with van der Waals surface area (Å²) in [5.74, 6) is 3.95. The monoisotopic (exact) mass is 546 g/mol. The first-order valence-corrected chi connectivity index (χ1v) is 10.5. The van der Waals surface area contributed by atoms with Crippen LogP contribution in [0.2, 0.25) is 0 Å². The van der Waals surface area contributed by atoms with Crippen LogP contribution >= 0.6 is 24.0 Å². The maximum absolute atomic E-state index is 12.1. The zero-order chi connectivity index (χ0) is 21.7. The molecular formula is C22H35IN4O4. The van der Waals surface area contributed by atoms with Crippen molar-refractivity contribution in [3.63, 3.8) is 0 Å². The summed E-state index contributed by atoms with van der Waals surface area (Å²) in [6, 6.07) is 4.21. The van der Waals surface area contributed by atoms with Gasteiger partial charge >= 0.3 is 0 Å². The third-order valence-electron chi connectivity index (χ3n) is 6.11. The molecule has 3 atom stereocenters. The molecule has 0 saturated heterocycles. The van der Waals surface area contributed by atoms with Crippen LogP contribution < -0.4 is 24.8 Å². The van der Waals surface area contributed by atoms with Gasteiger partial charge in [0.25, 0.3) is 0 Å². The van der Waals surface area contributed by atoms with E-state index < -0.39 is 0 Å². The molecule has 174 valence electrons. The summed E-state index contributed by atoms with van der Waals surface area (Å²) in [7, 11) is 8.28. The molecule has 0 aliphatic heterocycles. The number of methoxy groups -OCH3 is 3. The van der Waals surface area contributed by atoms with E-state index in [9.17, 15) is 4.79 Å². The summed E-state index contributed by atoms with van der Waals surface area (Å²) in [4.78, 5) is 18.4. The van der Waals surface area contributed by atoms with Gasteiger partial charge in [0, 0.05) is 20.1 Å². The van der Waals surface area contributed by atoms with Crippen molar-refractivity contribution in [2.24, 2.45) is 16.8 Å². The van der Waals surface area contributed by atoms with Crippen LogP contribution in [-0.4, -0.2) is 64.8 Å². The Labute approximate surface area is 202 Å². The van der Waals surface area contributed by atoms with Crippen molar-refractivity contribution < 1.29 is 19.0 Å². The second kappa shape index (κ2) is 11.6. The van der Waals surface area contributed by atoms with E-state index in [4.69, 9.17) is 19.2 Å². The molecule has 2 fully saturated rings. The van der Waals surface area contributed by atoms with E-state index in [1.165, 1.54) is 25.7 Å². The Kier molecular flexibility index (Phi) is 9.52. The highest BCUT2D eigenvalue weighted by Gasteiger charge is 2.39. The van der Waals surface area contributed by atoms with Crippen LogP contribution in [-0.2, 0) is 11.3 Å². The molecule has 0 radical (unpaired) electrons. The molecule has 0 aromatic heterocycles. The lowest BCUT2D eigenvalue weighted by Crippen LogP contribution is -2.48. The van der Waals surface area contributed by atoms with Gasteiger partial charge in [0.2, 0.25) is 11.7 Å². The minimum absolute atomic E-state index is 0. The Morgan fingerprint density at radius 3 is 2.26 bits per heavy atom. The SMILES string of the molecule is COc1cc(CN=C(NCC(=O)N(C)C)NC2CC3CCC2C3)cc(OC)c1OC.I. The van der Waals surface area contributed by atoms with Crippen molar-refractivity contribution in [2.75, 3.05) is 42.0 Å². The van der Waals surface area contributed by atoms with Gasteiger partial charge in [-0.3, -0.25) is 4.79 Å². The van der Waals surface area contributed by atoms with Gasteiger partial charge in [-0.1, -0.05) is 6.42 Å². The summed E-state index contributed by atoms with van der Waals surface area (Å²) in [5.41, 5.74) is 0.928. The van der Waals surface area contributed by atoms with Crippen molar-refractivity contribution in [1.29, 1.82) is 0 Å². The molecule has 31 heavy (non-hydrogen) atoms. The summed E-state index contributed by atoms with van der Waals surface area (Å²) in [6.07, 6.45) is 5.10. The largest absolute Gasteiger partial charge is 0.493 e. The molecule has 1 aromatic carbocycles. The van der Waals surface area contributed by atoms with E-state index in [1.807, 2.05) is 12.1 Å². The molecule has 2 aliphatic carbocycles. The number of hydrogen-bond acceptors (Lipinski definition) is 5. The molecule has 2 bridgehead atoms. The zero-order valence-corrected chi connectivity index (χ0v) is 21.4. The molecule has 2 saturated carbocycles. The number of amides is 1. The second-order valence-electron chi connectivity index (χ2n) is 8.27. The molecule has 0 heterocycles. The van der Waals surface area contributed by atoms with Crippen LogP contribution in [0.15, 0.2) is 17.1 Å². The first-order chi connectivity index (χ1) is 14.4. The first kappa shape index (κ1) is 25.4. The number of ether oxygens (including phenoxy) is 3. The maximum atomic E-state index is 12.1. The molecule has 3 rings (SSSR count).